The lowest BCUT2D eigenvalue weighted by atomic mass is 10.1. The fraction of sp³-hybridized carbons (Fsp3) is 0.227. The van der Waals surface area contributed by atoms with Crippen LogP contribution < -0.4 is 4.74 Å². The molecular weight excluding hydrogens is 343 g/mol. The van der Waals surface area contributed by atoms with Gasteiger partial charge in [-0.15, -0.1) is 0 Å². The maximum absolute atomic E-state index is 13.4. The number of para-hydroxylation sites is 2. The average molecular weight is 366 g/mol. The van der Waals surface area contributed by atoms with Crippen LogP contribution in [0, 0.1) is 5.82 Å². The molecule has 1 aromatic heterocycles. The molecule has 0 N–H and O–H groups in total. The number of nitrogens with zero attached hydrogens (tertiary/aromatic N) is 2. The lowest BCUT2D eigenvalue weighted by Crippen LogP contribution is -2.37. The number of hydrogen-bond acceptors (Lipinski definition) is 2. The van der Waals surface area contributed by atoms with E-state index in [1.54, 1.807) is 17.0 Å². The van der Waals surface area contributed by atoms with Crippen LogP contribution in [0.25, 0.3) is 5.69 Å². The third-order valence-electron chi connectivity index (χ3n) is 4.46. The van der Waals surface area contributed by atoms with E-state index in [-0.39, 0.29) is 11.7 Å². The van der Waals surface area contributed by atoms with Gasteiger partial charge >= 0.3 is 0 Å². The van der Waals surface area contributed by atoms with Gasteiger partial charge in [0.25, 0.3) is 5.91 Å². The molecule has 0 saturated carbocycles. The van der Waals surface area contributed by atoms with Crippen molar-refractivity contribution < 1.29 is 13.9 Å². The van der Waals surface area contributed by atoms with Crippen molar-refractivity contribution in [1.29, 1.82) is 0 Å². The number of carbonyl (C=O) groups excluding carboxylic acids is 1. The van der Waals surface area contributed by atoms with E-state index in [1.165, 1.54) is 12.1 Å². The summed E-state index contributed by atoms with van der Waals surface area (Å²) in [4.78, 5) is 14.8. The van der Waals surface area contributed by atoms with Crippen LogP contribution in [0.4, 0.5) is 4.39 Å². The maximum Gasteiger partial charge on any atom is 0.268 e. The van der Waals surface area contributed by atoms with Gasteiger partial charge in [-0.2, -0.15) is 0 Å². The Kier molecular flexibility index (Phi) is 5.91. The molecule has 1 unspecified atom stereocenters. The molecule has 0 spiro atoms. The Bertz CT molecular complexity index is 872. The first kappa shape index (κ1) is 18.7. The van der Waals surface area contributed by atoms with E-state index in [2.05, 4.69) is 0 Å². The van der Waals surface area contributed by atoms with Crippen molar-refractivity contribution in [3.05, 3.63) is 84.4 Å². The van der Waals surface area contributed by atoms with Gasteiger partial charge in [0.05, 0.1) is 5.69 Å². The highest BCUT2D eigenvalue weighted by Gasteiger charge is 2.27. The predicted molar refractivity (Wildman–Crippen MR) is 103 cm³/mol. The maximum atomic E-state index is 13.4. The Hall–Kier alpha value is -3.08. The van der Waals surface area contributed by atoms with Crippen LogP contribution in [0.5, 0.6) is 5.75 Å². The summed E-state index contributed by atoms with van der Waals surface area (Å²) < 4.78 is 21.5. The highest BCUT2D eigenvalue weighted by atomic mass is 19.1. The zero-order valence-electron chi connectivity index (χ0n) is 15.5. The van der Waals surface area contributed by atoms with E-state index < -0.39 is 6.10 Å². The highest BCUT2D eigenvalue weighted by Crippen LogP contribution is 2.29. The van der Waals surface area contributed by atoms with E-state index in [0.29, 0.717) is 24.4 Å². The van der Waals surface area contributed by atoms with Crippen molar-refractivity contribution in [2.24, 2.45) is 0 Å². The van der Waals surface area contributed by atoms with Crippen LogP contribution in [0.3, 0.4) is 0 Å². The van der Waals surface area contributed by atoms with E-state index in [1.807, 2.05) is 67.2 Å². The summed E-state index contributed by atoms with van der Waals surface area (Å²) in [6.07, 6.45) is 2.99. The van der Waals surface area contributed by atoms with Crippen molar-refractivity contribution in [3.8, 4) is 11.4 Å². The second kappa shape index (κ2) is 8.54. The largest absolute Gasteiger partial charge is 0.474 e. The SMILES string of the molecule is CCN(CC)C(=O)C(Oc1ccccc1-n1cccc1)c1ccc(F)cc1. The number of rotatable bonds is 7. The van der Waals surface area contributed by atoms with Gasteiger partial charge in [0, 0.05) is 31.0 Å². The van der Waals surface area contributed by atoms with Crippen LogP contribution in [-0.4, -0.2) is 28.5 Å². The number of halogens is 1. The normalized spacial score (nSPS) is 11.8. The van der Waals surface area contributed by atoms with Gasteiger partial charge in [0.1, 0.15) is 11.6 Å². The molecule has 0 bridgehead atoms. The molecular formula is C22H23FN2O2. The quantitative estimate of drug-likeness (QED) is 0.612. The summed E-state index contributed by atoms with van der Waals surface area (Å²) in [7, 11) is 0. The van der Waals surface area contributed by atoms with Crippen LogP contribution in [-0.2, 0) is 4.79 Å². The minimum absolute atomic E-state index is 0.145. The fourth-order valence-corrected chi connectivity index (χ4v) is 2.99. The smallest absolute Gasteiger partial charge is 0.268 e. The van der Waals surface area contributed by atoms with E-state index in [9.17, 15) is 9.18 Å². The van der Waals surface area contributed by atoms with E-state index in [4.69, 9.17) is 4.74 Å². The van der Waals surface area contributed by atoms with Crippen molar-refractivity contribution in [2.45, 2.75) is 20.0 Å². The lowest BCUT2D eigenvalue weighted by molar-refractivity contribution is -0.138. The minimum Gasteiger partial charge on any atom is -0.474 e. The molecule has 4 nitrogen and oxygen atoms in total. The minimum atomic E-state index is -0.845. The number of carbonyl (C=O) groups is 1. The summed E-state index contributed by atoms with van der Waals surface area (Å²) in [5.41, 5.74) is 1.46. The molecule has 3 aromatic rings. The zero-order chi connectivity index (χ0) is 19.2. The Morgan fingerprint density at radius 2 is 1.63 bits per heavy atom. The first-order valence-electron chi connectivity index (χ1n) is 9.07. The number of benzene rings is 2. The molecule has 27 heavy (non-hydrogen) atoms. The second-order valence-corrected chi connectivity index (χ2v) is 6.12. The molecule has 3 rings (SSSR count). The molecule has 0 radical (unpaired) electrons. The summed E-state index contributed by atoms with van der Waals surface area (Å²) in [5.74, 6) is 0.0953. The zero-order valence-corrected chi connectivity index (χ0v) is 15.5. The molecule has 0 saturated heterocycles. The molecule has 2 aromatic carbocycles. The Morgan fingerprint density at radius 1 is 1.00 bits per heavy atom. The molecule has 0 aliphatic rings. The number of ether oxygens (including phenoxy) is 1. The van der Waals surface area contributed by atoms with Gasteiger partial charge < -0.3 is 14.2 Å². The lowest BCUT2D eigenvalue weighted by Gasteiger charge is -2.27. The average Bonchev–Trinajstić information content (AvgIpc) is 3.23. The van der Waals surface area contributed by atoms with Crippen molar-refractivity contribution in [3.63, 3.8) is 0 Å². The number of hydrogen-bond donors (Lipinski definition) is 0. The topological polar surface area (TPSA) is 34.5 Å². The van der Waals surface area contributed by atoms with E-state index in [0.717, 1.165) is 5.69 Å². The third-order valence-corrected chi connectivity index (χ3v) is 4.46. The molecule has 0 aliphatic carbocycles. The first-order chi connectivity index (χ1) is 13.1. The molecule has 140 valence electrons. The van der Waals surface area contributed by atoms with Crippen molar-refractivity contribution in [1.82, 2.24) is 9.47 Å². The summed E-state index contributed by atoms with van der Waals surface area (Å²) >= 11 is 0. The second-order valence-electron chi connectivity index (χ2n) is 6.12. The fourth-order valence-electron chi connectivity index (χ4n) is 2.99. The molecule has 1 atom stereocenters. The predicted octanol–water partition coefficient (Wildman–Crippen LogP) is 4.60. The van der Waals surface area contributed by atoms with Crippen LogP contribution in [0.15, 0.2) is 73.1 Å². The number of amides is 1. The molecule has 1 amide bonds. The van der Waals surface area contributed by atoms with Gasteiger partial charge in [0.2, 0.25) is 6.10 Å². The summed E-state index contributed by atoms with van der Waals surface area (Å²) in [6.45, 7) is 5.01. The van der Waals surface area contributed by atoms with Gasteiger partial charge in [-0.3, -0.25) is 4.79 Å². The molecule has 5 heteroatoms. The Balaban J connectivity index is 2.00. The summed E-state index contributed by atoms with van der Waals surface area (Å²) in [6, 6.07) is 17.3. The van der Waals surface area contributed by atoms with E-state index >= 15 is 0 Å². The van der Waals surface area contributed by atoms with Crippen molar-refractivity contribution in [2.75, 3.05) is 13.1 Å². The molecule has 0 aliphatic heterocycles. The Morgan fingerprint density at radius 3 is 2.26 bits per heavy atom. The standard InChI is InChI=1S/C22H23FN2O2/c1-3-24(4-2)22(26)21(17-11-13-18(23)14-12-17)27-20-10-6-5-9-19(20)25-15-7-8-16-25/h5-16,21H,3-4H2,1-2H3. The third kappa shape index (κ3) is 4.19. The van der Waals surface area contributed by atoms with Crippen molar-refractivity contribution >= 4 is 5.91 Å². The first-order valence-corrected chi connectivity index (χ1v) is 9.07. The highest BCUT2D eigenvalue weighted by molar-refractivity contribution is 5.82. The van der Waals surface area contributed by atoms with Crippen LogP contribution in [0.2, 0.25) is 0 Å². The van der Waals surface area contributed by atoms with Crippen LogP contribution >= 0.6 is 0 Å². The molecule has 1 heterocycles. The monoisotopic (exact) mass is 366 g/mol. The van der Waals surface area contributed by atoms with Gasteiger partial charge in [-0.25, -0.2) is 4.39 Å². The molecule has 0 fully saturated rings. The Labute approximate surface area is 158 Å². The number of likely N-dealkylation sites (N-methyl/N-ethyl adjacent to an activating group) is 1. The van der Waals surface area contributed by atoms with Gasteiger partial charge in [0.15, 0.2) is 0 Å². The van der Waals surface area contributed by atoms with Gasteiger partial charge in [-0.05, 0) is 50.2 Å². The van der Waals surface area contributed by atoms with Gasteiger partial charge in [-0.1, -0.05) is 24.3 Å². The van der Waals surface area contributed by atoms with Crippen LogP contribution in [0.1, 0.15) is 25.5 Å². The number of aromatic nitrogens is 1. The summed E-state index contributed by atoms with van der Waals surface area (Å²) in [5, 5.41) is 0.